The van der Waals surface area contributed by atoms with Gasteiger partial charge in [0.05, 0.1) is 6.04 Å². The van der Waals surface area contributed by atoms with Gasteiger partial charge in [0.2, 0.25) is 5.91 Å². The average Bonchev–Trinajstić information content (AvgIpc) is 2.86. The number of benzene rings is 1. The van der Waals surface area contributed by atoms with Crippen LogP contribution in [-0.2, 0) is 9.53 Å². The third-order valence-corrected chi connectivity index (χ3v) is 3.54. The highest BCUT2D eigenvalue weighted by Gasteiger charge is 2.32. The van der Waals surface area contributed by atoms with E-state index in [2.05, 4.69) is 0 Å². The average molecular weight is 316 g/mol. The smallest absolute Gasteiger partial charge is 0.411 e. The maximum absolute atomic E-state index is 12.6. The molecule has 5 nitrogen and oxygen atoms in total. The molecule has 2 rings (SSSR count). The Labute approximate surface area is 137 Å². The molecule has 0 N–H and O–H groups in total. The molecule has 0 bridgehead atoms. The molecule has 1 aromatic rings. The van der Waals surface area contributed by atoms with Crippen LogP contribution in [0.2, 0.25) is 0 Å². The zero-order valence-corrected chi connectivity index (χ0v) is 14.4. The lowest BCUT2D eigenvalue weighted by Gasteiger charge is -2.31. The van der Waals surface area contributed by atoms with Crippen LogP contribution in [0.5, 0.6) is 0 Å². The van der Waals surface area contributed by atoms with Crippen molar-refractivity contribution in [3.63, 3.8) is 0 Å². The Morgan fingerprint density at radius 1 is 1.17 bits per heavy atom. The summed E-state index contributed by atoms with van der Waals surface area (Å²) in [6, 6.07) is 7.56. The van der Waals surface area contributed by atoms with E-state index in [-0.39, 0.29) is 18.5 Å². The zero-order chi connectivity index (χ0) is 17.2. The lowest BCUT2D eigenvalue weighted by atomic mass is 10.1. The number of nitrogens with zero attached hydrogens (tertiary/aromatic N) is 2. The van der Waals surface area contributed by atoms with E-state index < -0.39 is 11.7 Å². The van der Waals surface area contributed by atoms with Crippen LogP contribution in [0, 0.1) is 0 Å². The number of amides is 2. The molecule has 0 aliphatic heterocycles. The zero-order valence-electron chi connectivity index (χ0n) is 14.4. The van der Waals surface area contributed by atoms with Crippen molar-refractivity contribution in [2.75, 3.05) is 20.6 Å². The lowest BCUT2D eigenvalue weighted by Crippen LogP contribution is -2.44. The molecule has 0 saturated carbocycles. The van der Waals surface area contributed by atoms with Gasteiger partial charge in [-0.2, -0.15) is 0 Å². The summed E-state index contributed by atoms with van der Waals surface area (Å²) in [7, 11) is 3.35. The highest BCUT2D eigenvalue weighted by atomic mass is 16.6. The SMILES string of the molecule is CN(C)C(=O)CN(C(=O)OC(C)(C)C)C1C=Cc2ccccc21. The fourth-order valence-electron chi connectivity index (χ4n) is 2.39. The Hall–Kier alpha value is -2.30. The molecule has 0 saturated heterocycles. The van der Waals surface area contributed by atoms with Gasteiger partial charge >= 0.3 is 6.09 Å². The van der Waals surface area contributed by atoms with E-state index in [4.69, 9.17) is 4.74 Å². The molecule has 1 aromatic carbocycles. The van der Waals surface area contributed by atoms with E-state index in [1.165, 1.54) is 9.80 Å². The Morgan fingerprint density at radius 3 is 2.43 bits per heavy atom. The van der Waals surface area contributed by atoms with Crippen LogP contribution in [0.4, 0.5) is 4.79 Å². The summed E-state index contributed by atoms with van der Waals surface area (Å²) in [6.07, 6.45) is 3.41. The Morgan fingerprint density at radius 2 is 1.83 bits per heavy atom. The predicted octanol–water partition coefficient (Wildman–Crippen LogP) is 3.08. The van der Waals surface area contributed by atoms with E-state index >= 15 is 0 Å². The molecule has 0 spiro atoms. The van der Waals surface area contributed by atoms with E-state index in [1.807, 2.05) is 57.2 Å². The van der Waals surface area contributed by atoms with Crippen LogP contribution in [0.15, 0.2) is 30.3 Å². The first kappa shape index (κ1) is 17.1. The molecule has 0 radical (unpaired) electrons. The largest absolute Gasteiger partial charge is 0.444 e. The summed E-state index contributed by atoms with van der Waals surface area (Å²) < 4.78 is 5.49. The first-order valence-electron chi connectivity index (χ1n) is 7.66. The first-order chi connectivity index (χ1) is 10.7. The molecular weight excluding hydrogens is 292 g/mol. The molecule has 5 heteroatoms. The van der Waals surface area contributed by atoms with E-state index in [0.29, 0.717) is 0 Å². The molecule has 0 fully saturated rings. The van der Waals surface area contributed by atoms with Crippen molar-refractivity contribution in [1.29, 1.82) is 0 Å². The summed E-state index contributed by atoms with van der Waals surface area (Å²) in [6.45, 7) is 5.42. The Kier molecular flexibility index (Phi) is 4.78. The molecule has 23 heavy (non-hydrogen) atoms. The minimum Gasteiger partial charge on any atom is -0.444 e. The molecule has 0 aromatic heterocycles. The second-order valence-corrected chi connectivity index (χ2v) is 6.83. The van der Waals surface area contributed by atoms with Crippen LogP contribution in [0.25, 0.3) is 6.08 Å². The molecule has 1 atom stereocenters. The monoisotopic (exact) mass is 316 g/mol. The second kappa shape index (κ2) is 6.44. The molecule has 1 aliphatic rings. The number of hydrogen-bond acceptors (Lipinski definition) is 3. The fourth-order valence-corrected chi connectivity index (χ4v) is 2.39. The number of carbonyl (C=O) groups excluding carboxylic acids is 2. The summed E-state index contributed by atoms with van der Waals surface area (Å²) >= 11 is 0. The number of rotatable bonds is 3. The van der Waals surface area contributed by atoms with E-state index in [1.54, 1.807) is 14.1 Å². The summed E-state index contributed by atoms with van der Waals surface area (Å²) in [5, 5.41) is 0. The lowest BCUT2D eigenvalue weighted by molar-refractivity contribution is -0.130. The minimum absolute atomic E-state index is 0.0226. The number of hydrogen-bond donors (Lipinski definition) is 0. The van der Waals surface area contributed by atoms with Crippen molar-refractivity contribution in [2.45, 2.75) is 32.4 Å². The van der Waals surface area contributed by atoms with Crippen LogP contribution in [0.3, 0.4) is 0 Å². The molecule has 1 unspecified atom stereocenters. The third-order valence-electron chi connectivity index (χ3n) is 3.54. The van der Waals surface area contributed by atoms with Crippen LogP contribution >= 0.6 is 0 Å². The highest BCUT2D eigenvalue weighted by Crippen LogP contribution is 2.33. The Balaban J connectivity index is 2.29. The van der Waals surface area contributed by atoms with Gasteiger partial charge in [-0.05, 0) is 31.9 Å². The number of fused-ring (bicyclic) bond motifs is 1. The number of likely N-dealkylation sites (N-methyl/N-ethyl adjacent to an activating group) is 1. The Bertz CT molecular complexity index is 629. The van der Waals surface area contributed by atoms with Gasteiger partial charge in [0.25, 0.3) is 0 Å². The van der Waals surface area contributed by atoms with Gasteiger partial charge in [-0.25, -0.2) is 4.79 Å². The van der Waals surface area contributed by atoms with Gasteiger partial charge in [0.1, 0.15) is 12.1 Å². The molecular formula is C18H24N2O3. The minimum atomic E-state index is -0.613. The van der Waals surface area contributed by atoms with Crippen molar-refractivity contribution in [3.05, 3.63) is 41.5 Å². The fraction of sp³-hybridized carbons (Fsp3) is 0.444. The molecule has 0 heterocycles. The second-order valence-electron chi connectivity index (χ2n) is 6.83. The van der Waals surface area contributed by atoms with Crippen molar-refractivity contribution in [3.8, 4) is 0 Å². The van der Waals surface area contributed by atoms with Gasteiger partial charge in [-0.1, -0.05) is 36.4 Å². The quantitative estimate of drug-likeness (QED) is 0.861. The normalized spacial score (nSPS) is 16.0. The maximum atomic E-state index is 12.6. The van der Waals surface area contributed by atoms with Crippen molar-refractivity contribution in [1.82, 2.24) is 9.80 Å². The predicted molar refractivity (Wildman–Crippen MR) is 89.9 cm³/mol. The van der Waals surface area contributed by atoms with Gasteiger partial charge < -0.3 is 9.64 Å². The van der Waals surface area contributed by atoms with Crippen molar-refractivity contribution in [2.24, 2.45) is 0 Å². The molecule has 2 amide bonds. The van der Waals surface area contributed by atoms with Crippen LogP contribution < -0.4 is 0 Å². The standard InChI is InChI=1S/C18H24N2O3/c1-18(2,3)23-17(22)20(12-16(21)19(4)5)15-11-10-13-8-6-7-9-14(13)15/h6-11,15H,12H2,1-5H3. The molecule has 1 aliphatic carbocycles. The topological polar surface area (TPSA) is 49.9 Å². The van der Waals surface area contributed by atoms with Crippen molar-refractivity contribution < 1.29 is 14.3 Å². The van der Waals surface area contributed by atoms with Crippen LogP contribution in [0.1, 0.15) is 37.9 Å². The van der Waals surface area contributed by atoms with Crippen LogP contribution in [-0.4, -0.2) is 48.0 Å². The van der Waals surface area contributed by atoms with Gasteiger partial charge in [-0.3, -0.25) is 9.69 Å². The third kappa shape index (κ3) is 4.12. The first-order valence-corrected chi connectivity index (χ1v) is 7.66. The van der Waals surface area contributed by atoms with Gasteiger partial charge in [0, 0.05) is 14.1 Å². The van der Waals surface area contributed by atoms with Gasteiger partial charge in [0.15, 0.2) is 0 Å². The maximum Gasteiger partial charge on any atom is 0.411 e. The number of carbonyl (C=O) groups is 2. The summed E-state index contributed by atoms with van der Waals surface area (Å²) in [5.74, 6) is -0.145. The molecule has 124 valence electrons. The van der Waals surface area contributed by atoms with E-state index in [9.17, 15) is 9.59 Å². The van der Waals surface area contributed by atoms with Crippen molar-refractivity contribution >= 4 is 18.1 Å². The van der Waals surface area contributed by atoms with E-state index in [0.717, 1.165) is 11.1 Å². The highest BCUT2D eigenvalue weighted by molar-refractivity contribution is 5.83. The number of ether oxygens (including phenoxy) is 1. The summed E-state index contributed by atoms with van der Waals surface area (Å²) in [4.78, 5) is 27.7. The summed E-state index contributed by atoms with van der Waals surface area (Å²) in [5.41, 5.74) is 1.45. The van der Waals surface area contributed by atoms with Gasteiger partial charge in [-0.15, -0.1) is 0 Å².